The number of benzene rings is 2. The van der Waals surface area contributed by atoms with Crippen molar-refractivity contribution < 1.29 is 9.32 Å². The van der Waals surface area contributed by atoms with Crippen molar-refractivity contribution in [1.82, 2.24) is 5.16 Å². The second-order valence-electron chi connectivity index (χ2n) is 5.46. The zero-order valence-corrected chi connectivity index (χ0v) is 13.8. The molecule has 1 aliphatic carbocycles. The van der Waals surface area contributed by atoms with E-state index in [0.717, 1.165) is 34.1 Å². The molecule has 0 saturated heterocycles. The van der Waals surface area contributed by atoms with Crippen molar-refractivity contribution in [2.24, 2.45) is 0 Å². The van der Waals surface area contributed by atoms with E-state index in [9.17, 15) is 4.79 Å². The van der Waals surface area contributed by atoms with Gasteiger partial charge in [0.25, 0.3) is 5.91 Å². The molecule has 0 atom stereocenters. The van der Waals surface area contributed by atoms with Crippen LogP contribution in [0.3, 0.4) is 0 Å². The molecule has 1 aromatic heterocycles. The molecule has 0 unspecified atom stereocenters. The van der Waals surface area contributed by atoms with Gasteiger partial charge in [0.2, 0.25) is 0 Å². The van der Waals surface area contributed by atoms with Crippen LogP contribution in [0.1, 0.15) is 21.6 Å². The Balaban J connectivity index is 1.65. The van der Waals surface area contributed by atoms with Crippen molar-refractivity contribution in [1.29, 1.82) is 0 Å². The smallest absolute Gasteiger partial charge is 0.278 e. The average molecular weight is 369 g/mol. The number of anilines is 1. The van der Waals surface area contributed by atoms with Crippen LogP contribution in [0.4, 0.5) is 5.69 Å². The number of nitrogens with zero attached hydrogens (tertiary/aromatic N) is 1. The first-order valence-corrected chi connectivity index (χ1v) is 8.15. The fourth-order valence-electron chi connectivity index (χ4n) is 2.87. The van der Waals surface area contributed by atoms with E-state index in [1.165, 1.54) is 5.56 Å². The molecular formula is C18H13BrN2O2. The lowest BCUT2D eigenvalue weighted by atomic mass is 9.89. The van der Waals surface area contributed by atoms with E-state index >= 15 is 0 Å². The molecule has 23 heavy (non-hydrogen) atoms. The number of nitrogens with one attached hydrogen (secondary N) is 1. The minimum Gasteiger partial charge on any atom is -0.355 e. The standard InChI is InChI=1S/C18H13BrN2O2/c19-12-6-8-13(9-7-12)20-18(22)16-15-10-5-11-3-1-2-4-14(11)17(15)23-21-16/h1-4,6-9H,5,10H2,(H,20,22). The molecule has 1 aliphatic rings. The van der Waals surface area contributed by atoms with Gasteiger partial charge in [0.05, 0.1) is 0 Å². The van der Waals surface area contributed by atoms with Gasteiger partial charge in [0, 0.05) is 21.3 Å². The number of hydrogen-bond donors (Lipinski definition) is 1. The highest BCUT2D eigenvalue weighted by Gasteiger charge is 2.27. The Morgan fingerprint density at radius 2 is 1.87 bits per heavy atom. The lowest BCUT2D eigenvalue weighted by Gasteiger charge is -2.14. The number of aromatic nitrogens is 1. The van der Waals surface area contributed by atoms with E-state index in [1.807, 2.05) is 42.5 Å². The average Bonchev–Trinajstić information content (AvgIpc) is 3.01. The van der Waals surface area contributed by atoms with Crippen LogP contribution in [-0.4, -0.2) is 11.1 Å². The van der Waals surface area contributed by atoms with Gasteiger partial charge in [-0.25, -0.2) is 0 Å². The van der Waals surface area contributed by atoms with Crippen LogP contribution in [0.5, 0.6) is 0 Å². The van der Waals surface area contributed by atoms with E-state index in [1.54, 1.807) is 0 Å². The highest BCUT2D eigenvalue weighted by Crippen LogP contribution is 2.35. The lowest BCUT2D eigenvalue weighted by molar-refractivity contribution is 0.101. The summed E-state index contributed by atoms with van der Waals surface area (Å²) < 4.78 is 6.44. The van der Waals surface area contributed by atoms with E-state index in [4.69, 9.17) is 4.52 Å². The predicted molar refractivity (Wildman–Crippen MR) is 91.4 cm³/mol. The topological polar surface area (TPSA) is 55.1 Å². The number of hydrogen-bond acceptors (Lipinski definition) is 3. The van der Waals surface area contributed by atoms with Crippen LogP contribution in [0, 0.1) is 0 Å². The van der Waals surface area contributed by atoms with Gasteiger partial charge in [0.1, 0.15) is 0 Å². The van der Waals surface area contributed by atoms with Crippen molar-refractivity contribution in [3.8, 4) is 11.3 Å². The van der Waals surface area contributed by atoms with E-state index in [0.29, 0.717) is 11.5 Å². The Labute approximate surface area is 141 Å². The summed E-state index contributed by atoms with van der Waals surface area (Å²) in [5.74, 6) is 0.476. The molecule has 1 heterocycles. The van der Waals surface area contributed by atoms with Gasteiger partial charge < -0.3 is 9.84 Å². The normalized spacial score (nSPS) is 12.4. The van der Waals surface area contributed by atoms with Gasteiger partial charge in [-0.15, -0.1) is 0 Å². The monoisotopic (exact) mass is 368 g/mol. The molecule has 0 spiro atoms. The Morgan fingerprint density at radius 1 is 1.09 bits per heavy atom. The summed E-state index contributed by atoms with van der Waals surface area (Å²) in [5.41, 5.74) is 4.25. The van der Waals surface area contributed by atoms with E-state index < -0.39 is 0 Å². The SMILES string of the molecule is O=C(Nc1ccc(Br)cc1)c1noc2c1CCc1ccccc1-2. The van der Waals surface area contributed by atoms with Gasteiger partial charge in [-0.2, -0.15) is 0 Å². The van der Waals surface area contributed by atoms with Crippen LogP contribution in [0.2, 0.25) is 0 Å². The maximum Gasteiger partial charge on any atom is 0.278 e. The van der Waals surface area contributed by atoms with E-state index in [2.05, 4.69) is 32.5 Å². The summed E-state index contributed by atoms with van der Waals surface area (Å²) in [6.07, 6.45) is 1.65. The second kappa shape index (κ2) is 5.66. The third-order valence-corrected chi connectivity index (χ3v) is 4.54. The number of carbonyl (C=O) groups is 1. The molecule has 0 aliphatic heterocycles. The molecule has 4 rings (SSSR count). The maximum absolute atomic E-state index is 12.5. The van der Waals surface area contributed by atoms with Crippen LogP contribution in [0.15, 0.2) is 57.5 Å². The van der Waals surface area contributed by atoms with Gasteiger partial charge in [-0.05, 0) is 42.7 Å². The summed E-state index contributed by atoms with van der Waals surface area (Å²) in [4.78, 5) is 12.5. The number of halogens is 1. The van der Waals surface area contributed by atoms with Crippen molar-refractivity contribution >= 4 is 27.5 Å². The minimum atomic E-state index is -0.239. The molecule has 2 aromatic carbocycles. The largest absolute Gasteiger partial charge is 0.355 e. The zero-order valence-electron chi connectivity index (χ0n) is 12.2. The molecule has 5 heteroatoms. The third kappa shape index (κ3) is 2.57. The number of aryl methyl sites for hydroxylation is 1. The maximum atomic E-state index is 12.5. The van der Waals surface area contributed by atoms with Gasteiger partial charge in [0.15, 0.2) is 11.5 Å². The van der Waals surface area contributed by atoms with Crippen LogP contribution in [-0.2, 0) is 12.8 Å². The van der Waals surface area contributed by atoms with Crippen LogP contribution in [0.25, 0.3) is 11.3 Å². The predicted octanol–water partition coefficient (Wildman–Crippen LogP) is 4.46. The van der Waals surface area contributed by atoms with Crippen molar-refractivity contribution in [2.75, 3.05) is 5.32 Å². The minimum absolute atomic E-state index is 0.239. The summed E-state index contributed by atoms with van der Waals surface area (Å²) in [5, 5.41) is 6.88. The zero-order chi connectivity index (χ0) is 15.8. The number of rotatable bonds is 2. The van der Waals surface area contributed by atoms with Crippen molar-refractivity contribution in [2.45, 2.75) is 12.8 Å². The molecule has 1 amide bonds. The molecule has 3 aromatic rings. The fourth-order valence-corrected chi connectivity index (χ4v) is 3.14. The fraction of sp³-hybridized carbons (Fsp3) is 0.111. The Bertz CT molecular complexity index is 884. The first-order valence-electron chi connectivity index (χ1n) is 7.36. The quantitative estimate of drug-likeness (QED) is 0.726. The van der Waals surface area contributed by atoms with Gasteiger partial charge in [-0.3, -0.25) is 4.79 Å². The van der Waals surface area contributed by atoms with Crippen LogP contribution < -0.4 is 5.32 Å². The first kappa shape index (κ1) is 14.2. The summed E-state index contributed by atoms with van der Waals surface area (Å²) in [6.45, 7) is 0. The molecule has 0 saturated carbocycles. The number of carbonyl (C=O) groups excluding carboxylic acids is 1. The molecule has 0 bridgehead atoms. The third-order valence-electron chi connectivity index (χ3n) is 4.01. The highest BCUT2D eigenvalue weighted by atomic mass is 79.9. The van der Waals surface area contributed by atoms with Crippen molar-refractivity contribution in [3.05, 3.63) is 69.8 Å². The van der Waals surface area contributed by atoms with Crippen LogP contribution >= 0.6 is 15.9 Å². The number of fused-ring (bicyclic) bond motifs is 3. The Morgan fingerprint density at radius 3 is 2.70 bits per heavy atom. The highest BCUT2D eigenvalue weighted by molar-refractivity contribution is 9.10. The molecule has 4 nitrogen and oxygen atoms in total. The van der Waals surface area contributed by atoms with Gasteiger partial charge >= 0.3 is 0 Å². The van der Waals surface area contributed by atoms with E-state index in [-0.39, 0.29) is 5.91 Å². The molecule has 0 fully saturated rings. The molecule has 0 radical (unpaired) electrons. The Kier molecular flexibility index (Phi) is 3.50. The lowest BCUT2D eigenvalue weighted by Crippen LogP contribution is -2.15. The summed E-state index contributed by atoms with van der Waals surface area (Å²) in [6, 6.07) is 15.5. The van der Waals surface area contributed by atoms with Crippen molar-refractivity contribution in [3.63, 3.8) is 0 Å². The summed E-state index contributed by atoms with van der Waals surface area (Å²) >= 11 is 3.37. The molecule has 1 N–H and O–H groups in total. The van der Waals surface area contributed by atoms with Gasteiger partial charge in [-0.1, -0.05) is 45.4 Å². The second-order valence-corrected chi connectivity index (χ2v) is 6.37. The summed E-state index contributed by atoms with van der Waals surface area (Å²) in [7, 11) is 0. The number of amides is 1. The first-order chi connectivity index (χ1) is 11.2. The Hall–Kier alpha value is -2.40. The molecular weight excluding hydrogens is 356 g/mol. The molecule has 114 valence electrons.